The summed E-state index contributed by atoms with van der Waals surface area (Å²) in [6.45, 7) is 0. The highest BCUT2D eigenvalue weighted by Gasteiger charge is 2.21. The number of allylic oxidation sites excluding steroid dienone is 1. The van der Waals surface area contributed by atoms with E-state index in [4.69, 9.17) is 8.83 Å². The Labute approximate surface area is 255 Å². The van der Waals surface area contributed by atoms with Crippen LogP contribution in [0.1, 0.15) is 23.3 Å². The minimum absolute atomic E-state index is 0.855. The van der Waals surface area contributed by atoms with E-state index in [-0.39, 0.29) is 0 Å². The summed E-state index contributed by atoms with van der Waals surface area (Å²) >= 11 is 0. The van der Waals surface area contributed by atoms with Gasteiger partial charge in [-0.1, -0.05) is 103 Å². The Bertz CT molecular complexity index is 2370. The summed E-state index contributed by atoms with van der Waals surface area (Å²) in [6, 6.07) is 49.6. The highest BCUT2D eigenvalue weighted by atomic mass is 16.3. The lowest BCUT2D eigenvalue weighted by molar-refractivity contribution is 0.547. The van der Waals surface area contributed by atoms with Gasteiger partial charge < -0.3 is 8.83 Å². The number of hydrogen-bond acceptors (Lipinski definition) is 2. The van der Waals surface area contributed by atoms with E-state index in [0.717, 1.165) is 51.5 Å². The first kappa shape index (κ1) is 24.9. The molecule has 2 nitrogen and oxygen atoms in total. The van der Waals surface area contributed by atoms with Crippen LogP contribution in [0.3, 0.4) is 0 Å². The molecule has 0 spiro atoms. The molecule has 8 aromatic rings. The van der Waals surface area contributed by atoms with Crippen molar-refractivity contribution in [1.29, 1.82) is 0 Å². The number of benzene rings is 6. The van der Waals surface area contributed by atoms with Crippen molar-refractivity contribution in [2.75, 3.05) is 0 Å². The first-order valence-electron chi connectivity index (χ1n) is 15.2. The largest absolute Gasteiger partial charge is 0.460 e. The topological polar surface area (TPSA) is 26.3 Å². The lowest BCUT2D eigenvalue weighted by Gasteiger charge is -2.14. The molecule has 208 valence electrons. The Hall–Kier alpha value is -5.60. The second-order valence-corrected chi connectivity index (χ2v) is 11.7. The first-order chi connectivity index (χ1) is 21.8. The van der Waals surface area contributed by atoms with Gasteiger partial charge in [0.2, 0.25) is 0 Å². The fourth-order valence-electron chi connectivity index (χ4n) is 6.72. The van der Waals surface area contributed by atoms with Gasteiger partial charge in [0.25, 0.3) is 0 Å². The normalized spacial score (nSPS) is 13.0. The summed E-state index contributed by atoms with van der Waals surface area (Å²) in [5.41, 5.74) is 13.7. The predicted octanol–water partition coefficient (Wildman–Crippen LogP) is 11.8. The smallest absolute Gasteiger partial charge is 0.139 e. The van der Waals surface area contributed by atoms with Gasteiger partial charge in [-0.15, -0.1) is 0 Å². The molecule has 0 unspecified atom stereocenters. The molecule has 6 aromatic carbocycles. The highest BCUT2D eigenvalue weighted by molar-refractivity contribution is 6.12. The zero-order valence-electron chi connectivity index (χ0n) is 24.1. The van der Waals surface area contributed by atoms with Crippen LogP contribution in [0.5, 0.6) is 0 Å². The third-order valence-corrected chi connectivity index (χ3v) is 8.98. The van der Waals surface area contributed by atoms with Gasteiger partial charge in [-0.2, -0.15) is 0 Å². The maximum absolute atomic E-state index is 6.42. The first-order valence-corrected chi connectivity index (χ1v) is 15.2. The fourth-order valence-corrected chi connectivity index (χ4v) is 6.72. The van der Waals surface area contributed by atoms with Gasteiger partial charge >= 0.3 is 0 Å². The molecule has 2 heteroatoms. The van der Waals surface area contributed by atoms with E-state index in [1.807, 2.05) is 0 Å². The second kappa shape index (κ2) is 10.00. The maximum Gasteiger partial charge on any atom is 0.139 e. The molecule has 0 atom stereocenters. The molecule has 9 rings (SSSR count). The van der Waals surface area contributed by atoms with Gasteiger partial charge in [0.15, 0.2) is 0 Å². The van der Waals surface area contributed by atoms with E-state index in [2.05, 4.69) is 146 Å². The summed E-state index contributed by atoms with van der Waals surface area (Å²) in [7, 11) is 0. The van der Waals surface area contributed by atoms with E-state index in [1.165, 1.54) is 50.1 Å². The maximum atomic E-state index is 6.42. The average Bonchev–Trinajstić information content (AvgIpc) is 3.64. The van der Waals surface area contributed by atoms with Crippen molar-refractivity contribution >= 4 is 44.6 Å². The Kier molecular flexibility index (Phi) is 5.67. The lowest BCUT2D eigenvalue weighted by atomic mass is 9.90. The summed E-state index contributed by atoms with van der Waals surface area (Å²) in [6.07, 6.45) is 4.17. The molecule has 0 aliphatic heterocycles. The van der Waals surface area contributed by atoms with Gasteiger partial charge in [-0.3, -0.25) is 0 Å². The molecule has 0 saturated heterocycles. The number of fused-ring (bicyclic) bond motifs is 6. The van der Waals surface area contributed by atoms with Crippen LogP contribution < -0.4 is 0 Å². The summed E-state index contributed by atoms with van der Waals surface area (Å²) in [5, 5.41) is 3.38. The third-order valence-electron chi connectivity index (χ3n) is 8.98. The molecule has 0 amide bonds. The van der Waals surface area contributed by atoms with Crippen molar-refractivity contribution in [3.63, 3.8) is 0 Å². The molecule has 1 aliphatic rings. The molecule has 44 heavy (non-hydrogen) atoms. The van der Waals surface area contributed by atoms with Gasteiger partial charge in [0.05, 0.1) is 0 Å². The van der Waals surface area contributed by atoms with Crippen molar-refractivity contribution in [3.05, 3.63) is 156 Å². The van der Waals surface area contributed by atoms with Crippen molar-refractivity contribution in [2.45, 2.75) is 12.8 Å². The summed E-state index contributed by atoms with van der Waals surface area (Å²) < 4.78 is 12.8. The van der Waals surface area contributed by atoms with Crippen molar-refractivity contribution < 1.29 is 8.83 Å². The molecular formula is C42H28O2. The standard InChI is InChI=1S/C42H28O2/c1-3-9-27(10-4-1)29-13-7-15-31(21-29)33-17-19-39-35(23-33)37-25-38-36-24-34(18-20-40(36)44-42(38)26-41(37)43-39)32-16-8-14-30(22-32)28-11-5-2-6-12-28/h1-17,19,21-26H,18,20H2. The predicted molar refractivity (Wildman–Crippen MR) is 182 cm³/mol. The van der Waals surface area contributed by atoms with E-state index in [9.17, 15) is 0 Å². The average molecular weight is 565 g/mol. The molecular weight excluding hydrogens is 536 g/mol. The molecule has 0 fully saturated rings. The van der Waals surface area contributed by atoms with Crippen LogP contribution in [0, 0.1) is 0 Å². The van der Waals surface area contributed by atoms with Crippen LogP contribution in [0.4, 0.5) is 0 Å². The van der Waals surface area contributed by atoms with Crippen LogP contribution in [0.2, 0.25) is 0 Å². The molecule has 0 saturated carbocycles. The van der Waals surface area contributed by atoms with Gasteiger partial charge in [-0.05, 0) is 87.3 Å². The third kappa shape index (κ3) is 4.19. The zero-order valence-corrected chi connectivity index (χ0v) is 24.1. The Morgan fingerprint density at radius 3 is 1.66 bits per heavy atom. The number of rotatable bonds is 4. The molecule has 0 radical (unpaired) electrons. The van der Waals surface area contributed by atoms with Gasteiger partial charge in [-0.25, -0.2) is 0 Å². The fraction of sp³-hybridized carbons (Fsp3) is 0.0476. The minimum Gasteiger partial charge on any atom is -0.460 e. The lowest BCUT2D eigenvalue weighted by Crippen LogP contribution is -1.96. The number of hydrogen-bond donors (Lipinski definition) is 0. The van der Waals surface area contributed by atoms with Crippen LogP contribution in [0.15, 0.2) is 148 Å². The summed E-state index contributed by atoms with van der Waals surface area (Å²) in [5.74, 6) is 1.05. The van der Waals surface area contributed by atoms with Crippen molar-refractivity contribution in [2.24, 2.45) is 0 Å². The Morgan fingerprint density at radius 1 is 0.364 bits per heavy atom. The SMILES string of the molecule is C1=C(c2cccc(-c3ccccc3)c2)CCc2oc3cc4oc5ccc(-c6cccc(-c7ccccc7)c6)cc5c4cc3c21. The summed E-state index contributed by atoms with van der Waals surface area (Å²) in [4.78, 5) is 0. The molecule has 0 N–H and O–H groups in total. The molecule has 2 aromatic heterocycles. The van der Waals surface area contributed by atoms with E-state index in [0.29, 0.717) is 0 Å². The number of furan rings is 2. The molecule has 1 aliphatic carbocycles. The van der Waals surface area contributed by atoms with Gasteiger partial charge in [0, 0.05) is 34.2 Å². The van der Waals surface area contributed by atoms with Crippen molar-refractivity contribution in [1.82, 2.24) is 0 Å². The monoisotopic (exact) mass is 564 g/mol. The van der Waals surface area contributed by atoms with Crippen LogP contribution in [0.25, 0.3) is 77.9 Å². The van der Waals surface area contributed by atoms with E-state index in [1.54, 1.807) is 0 Å². The molecule has 2 heterocycles. The molecule has 0 bridgehead atoms. The zero-order chi connectivity index (χ0) is 29.0. The van der Waals surface area contributed by atoms with Crippen LogP contribution in [-0.2, 0) is 6.42 Å². The highest BCUT2D eigenvalue weighted by Crippen LogP contribution is 2.41. The van der Waals surface area contributed by atoms with Gasteiger partial charge in [0.1, 0.15) is 22.5 Å². The van der Waals surface area contributed by atoms with Crippen LogP contribution in [-0.4, -0.2) is 0 Å². The van der Waals surface area contributed by atoms with E-state index < -0.39 is 0 Å². The Morgan fingerprint density at radius 2 is 0.932 bits per heavy atom. The number of aryl methyl sites for hydroxylation is 1. The minimum atomic E-state index is 0.855. The van der Waals surface area contributed by atoms with E-state index >= 15 is 0 Å². The van der Waals surface area contributed by atoms with Crippen molar-refractivity contribution in [3.8, 4) is 33.4 Å². The van der Waals surface area contributed by atoms with Crippen LogP contribution >= 0.6 is 0 Å². The quantitative estimate of drug-likeness (QED) is 0.212. The Balaban J connectivity index is 1.14. The second-order valence-electron chi connectivity index (χ2n) is 11.7.